The second-order valence-electron chi connectivity index (χ2n) is 6.14. The molecule has 9 heteroatoms. The number of nitrogens with one attached hydrogen (secondary N) is 2. The number of carbonyl (C=O) groups is 1. The fourth-order valence-electron chi connectivity index (χ4n) is 2.70. The third-order valence-electron chi connectivity index (χ3n) is 4.17. The van der Waals surface area contributed by atoms with Crippen LogP contribution < -0.4 is 9.99 Å². The summed E-state index contributed by atoms with van der Waals surface area (Å²) in [5.74, 6) is 0.860. The van der Waals surface area contributed by atoms with E-state index in [2.05, 4.69) is 20.7 Å². The number of halogens is 1. The summed E-state index contributed by atoms with van der Waals surface area (Å²) < 4.78 is 2.00. The minimum atomic E-state index is -0.261. The van der Waals surface area contributed by atoms with Gasteiger partial charge in [-0.2, -0.15) is 5.10 Å². The number of benzene rings is 2. The summed E-state index contributed by atoms with van der Waals surface area (Å²) in [5.41, 5.74) is 4.57. The third-order valence-corrected chi connectivity index (χ3v) is 5.40. The van der Waals surface area contributed by atoms with Gasteiger partial charge < -0.3 is 5.11 Å². The quantitative estimate of drug-likeness (QED) is 0.232. The molecule has 0 saturated carbocycles. The molecule has 0 radical (unpaired) electrons. The number of H-pyrrole nitrogens is 1. The van der Waals surface area contributed by atoms with E-state index in [0.29, 0.717) is 28.0 Å². The summed E-state index contributed by atoms with van der Waals surface area (Å²) in [5, 5.41) is 22.6. The molecule has 0 saturated heterocycles. The first-order chi connectivity index (χ1) is 14.0. The van der Waals surface area contributed by atoms with E-state index >= 15 is 0 Å². The van der Waals surface area contributed by atoms with E-state index in [1.807, 2.05) is 35.8 Å². The predicted octanol–water partition coefficient (Wildman–Crippen LogP) is 3.38. The second-order valence-corrected chi connectivity index (χ2v) is 7.52. The van der Waals surface area contributed by atoms with Crippen LogP contribution in [-0.4, -0.2) is 32.7 Å². The number of phenolic OH excluding ortho intramolecular Hbond substituents is 1. The van der Waals surface area contributed by atoms with Gasteiger partial charge >= 0.3 is 5.16 Å². The highest BCUT2D eigenvalue weighted by molar-refractivity contribution is 7.99. The van der Waals surface area contributed by atoms with Crippen LogP contribution in [0.25, 0.3) is 11.4 Å². The van der Waals surface area contributed by atoms with E-state index in [0.717, 1.165) is 11.4 Å². The number of aromatic hydroxyl groups is 1. The highest BCUT2D eigenvalue weighted by atomic mass is 35.5. The van der Waals surface area contributed by atoms with Crippen molar-refractivity contribution < 1.29 is 14.5 Å². The van der Waals surface area contributed by atoms with Crippen LogP contribution in [-0.2, 0) is 11.3 Å². The van der Waals surface area contributed by atoms with Gasteiger partial charge in [0.1, 0.15) is 5.75 Å². The number of hydrazone groups is 1. The molecule has 3 rings (SSSR count). The zero-order valence-corrected chi connectivity index (χ0v) is 17.6. The number of phenols is 1. The lowest BCUT2D eigenvalue weighted by Crippen LogP contribution is -2.36. The molecular weight excluding hydrogens is 410 g/mol. The monoisotopic (exact) mass is 430 g/mol. The van der Waals surface area contributed by atoms with Crippen molar-refractivity contribution in [2.45, 2.75) is 25.5 Å². The van der Waals surface area contributed by atoms with Crippen LogP contribution in [0.2, 0.25) is 5.02 Å². The highest BCUT2D eigenvalue weighted by Crippen LogP contribution is 2.20. The first-order valence-electron chi connectivity index (χ1n) is 8.98. The van der Waals surface area contributed by atoms with Crippen molar-refractivity contribution in [1.29, 1.82) is 0 Å². The average Bonchev–Trinajstić information content (AvgIpc) is 3.14. The third kappa shape index (κ3) is 5.16. The number of aromatic amines is 1. The van der Waals surface area contributed by atoms with Crippen LogP contribution in [0.15, 0.2) is 58.8 Å². The molecule has 0 aliphatic rings. The van der Waals surface area contributed by atoms with Gasteiger partial charge in [0.25, 0.3) is 11.7 Å². The normalized spacial score (nSPS) is 11.5. The largest absolute Gasteiger partial charge is 0.507 e. The van der Waals surface area contributed by atoms with Gasteiger partial charge in [-0.3, -0.25) is 4.79 Å². The topological polar surface area (TPSA) is 94.2 Å². The molecule has 2 aromatic carbocycles. The van der Waals surface area contributed by atoms with Crippen LogP contribution in [0.4, 0.5) is 0 Å². The number of thioether (sulfide) groups is 1. The number of hydrogen-bond donors (Lipinski definition) is 3. The molecule has 0 bridgehead atoms. The van der Waals surface area contributed by atoms with Gasteiger partial charge in [0.2, 0.25) is 0 Å². The lowest BCUT2D eigenvalue weighted by molar-refractivity contribution is -0.719. The zero-order valence-electron chi connectivity index (χ0n) is 16.0. The Kier molecular flexibility index (Phi) is 6.90. The summed E-state index contributed by atoms with van der Waals surface area (Å²) in [6.45, 7) is 4.43. The van der Waals surface area contributed by atoms with Gasteiger partial charge in [-0.05, 0) is 62.0 Å². The van der Waals surface area contributed by atoms with Crippen molar-refractivity contribution in [2.24, 2.45) is 5.10 Å². The number of aromatic nitrogens is 3. The Morgan fingerprint density at radius 1 is 1.28 bits per heavy atom. The maximum absolute atomic E-state index is 12.2. The van der Waals surface area contributed by atoms with Gasteiger partial charge in [0.15, 0.2) is 0 Å². The maximum Gasteiger partial charge on any atom is 0.337 e. The lowest BCUT2D eigenvalue weighted by Gasteiger charge is -2.04. The van der Waals surface area contributed by atoms with Gasteiger partial charge in [-0.15, -0.1) is 5.10 Å². The molecule has 0 aliphatic heterocycles. The molecule has 1 amide bonds. The molecule has 29 heavy (non-hydrogen) atoms. The smallest absolute Gasteiger partial charge is 0.337 e. The van der Waals surface area contributed by atoms with Crippen molar-refractivity contribution in [1.82, 2.24) is 15.6 Å². The number of amides is 1. The fourth-order valence-corrected chi connectivity index (χ4v) is 3.63. The van der Waals surface area contributed by atoms with E-state index < -0.39 is 0 Å². The highest BCUT2D eigenvalue weighted by Gasteiger charge is 2.21. The van der Waals surface area contributed by atoms with E-state index in [9.17, 15) is 9.90 Å². The average molecular weight is 431 g/mol. The standard InChI is InChI=1S/C20H20ClN5O2S/c1-3-26-19(14-8-10-15(21)11-9-14)24-25-20(26)29-12-18(28)23-22-13(2)16-6-4-5-7-17(16)27/h4-11H,3,12H2,1-2H3,(H2,22,23,27,28)/p+1. The van der Waals surface area contributed by atoms with Crippen molar-refractivity contribution in [3.05, 3.63) is 59.1 Å². The van der Waals surface area contributed by atoms with Gasteiger partial charge in [-0.25, -0.2) is 9.99 Å². The first kappa shape index (κ1) is 20.9. The molecule has 3 N–H and O–H groups in total. The number of hydrogen-bond acceptors (Lipinski definition) is 5. The maximum atomic E-state index is 12.2. The lowest BCUT2D eigenvalue weighted by atomic mass is 10.1. The molecule has 0 spiro atoms. The van der Waals surface area contributed by atoms with Crippen LogP contribution in [0, 0.1) is 0 Å². The summed E-state index contributed by atoms with van der Waals surface area (Å²) >= 11 is 7.27. The molecule has 1 heterocycles. The Morgan fingerprint density at radius 2 is 2.00 bits per heavy atom. The summed E-state index contributed by atoms with van der Waals surface area (Å²) in [6.07, 6.45) is 0. The van der Waals surface area contributed by atoms with E-state index in [-0.39, 0.29) is 17.4 Å². The van der Waals surface area contributed by atoms with Crippen LogP contribution in [0.3, 0.4) is 0 Å². The Balaban J connectivity index is 1.64. The zero-order chi connectivity index (χ0) is 20.8. The van der Waals surface area contributed by atoms with Gasteiger partial charge in [0, 0.05) is 10.6 Å². The van der Waals surface area contributed by atoms with Crippen molar-refractivity contribution >= 4 is 35.0 Å². The van der Waals surface area contributed by atoms with Crippen LogP contribution >= 0.6 is 23.4 Å². The van der Waals surface area contributed by atoms with E-state index in [4.69, 9.17) is 11.6 Å². The van der Waals surface area contributed by atoms with Crippen LogP contribution in [0.5, 0.6) is 5.75 Å². The molecule has 0 atom stereocenters. The molecule has 1 aromatic heterocycles. The predicted molar refractivity (Wildman–Crippen MR) is 114 cm³/mol. The fraction of sp³-hybridized carbons (Fsp3) is 0.200. The molecule has 7 nitrogen and oxygen atoms in total. The molecule has 0 fully saturated rings. The Morgan fingerprint density at radius 3 is 2.69 bits per heavy atom. The number of nitrogens with zero attached hydrogens (tertiary/aromatic N) is 3. The Hall–Kier alpha value is -2.84. The molecule has 150 valence electrons. The van der Waals surface area contributed by atoms with Gasteiger partial charge in [0.05, 0.1) is 28.7 Å². The molecule has 0 aliphatic carbocycles. The SMILES string of the molecule is CC[n+]1c(SCC(=O)NN=C(C)c2ccccc2O)n[nH]c1-c1ccc(Cl)cc1. The Bertz CT molecular complexity index is 1030. The number of rotatable bonds is 7. The van der Waals surface area contributed by atoms with E-state index in [1.54, 1.807) is 31.2 Å². The summed E-state index contributed by atoms with van der Waals surface area (Å²) in [6, 6.07) is 14.3. The number of para-hydroxylation sites is 1. The minimum absolute atomic E-state index is 0.118. The Labute approximate surface area is 177 Å². The molecule has 0 unspecified atom stereocenters. The minimum Gasteiger partial charge on any atom is -0.507 e. The summed E-state index contributed by atoms with van der Waals surface area (Å²) in [4.78, 5) is 12.2. The van der Waals surface area contributed by atoms with Gasteiger partial charge in [-0.1, -0.05) is 23.7 Å². The second kappa shape index (κ2) is 9.58. The molecular formula is C20H21ClN5O2S+. The molecule has 3 aromatic rings. The van der Waals surface area contributed by atoms with Crippen molar-refractivity contribution in [3.8, 4) is 17.1 Å². The van der Waals surface area contributed by atoms with Crippen molar-refractivity contribution in [3.63, 3.8) is 0 Å². The first-order valence-corrected chi connectivity index (χ1v) is 10.3. The summed E-state index contributed by atoms with van der Waals surface area (Å²) in [7, 11) is 0. The van der Waals surface area contributed by atoms with Crippen LogP contribution in [0.1, 0.15) is 19.4 Å². The van der Waals surface area contributed by atoms with Crippen molar-refractivity contribution in [2.75, 3.05) is 5.75 Å². The number of carbonyl (C=O) groups excluding carboxylic acids is 1. The van der Waals surface area contributed by atoms with E-state index in [1.165, 1.54) is 11.8 Å².